The molecular weight excluding hydrogens is 1650 g/mol. The van der Waals surface area contributed by atoms with Gasteiger partial charge >= 0.3 is 0 Å². The molecule has 0 radical (unpaired) electrons. The van der Waals surface area contributed by atoms with Crippen LogP contribution in [-0.4, -0.2) is 13.2 Å². The third kappa shape index (κ3) is 13.2. The van der Waals surface area contributed by atoms with Gasteiger partial charge in [0.2, 0.25) is 0 Å². The molecule has 3 nitrogen and oxygen atoms in total. The molecule has 0 atom stereocenters. The minimum absolute atomic E-state index is 0.146. The normalized spacial score (nSPS) is 12.3. The molecule has 137 heavy (non-hydrogen) atoms. The van der Waals surface area contributed by atoms with Crippen LogP contribution in [0.25, 0.3) is 268 Å². The van der Waals surface area contributed by atoms with Crippen LogP contribution in [0.3, 0.4) is 0 Å². The van der Waals surface area contributed by atoms with Crippen molar-refractivity contribution >= 4 is 179 Å². The number of hydrogen-bond acceptors (Lipinski definition) is 0. The highest BCUT2D eigenvalue weighted by Gasteiger charge is 2.25. The predicted molar refractivity (Wildman–Crippen MR) is 589 cm³/mol. The van der Waals surface area contributed by atoms with Gasteiger partial charge < -0.3 is 13.2 Å². The Labute approximate surface area is 793 Å². The average Bonchev–Trinajstić information content (AvgIpc) is 1.54. The Morgan fingerprint density at radius 1 is 0.124 bits per heavy atom. The number of hydrogen-bond donors (Lipinski definition) is 0. The maximum Gasteiger partial charge on any atom is 0.0620 e. The summed E-state index contributed by atoms with van der Waals surface area (Å²) in [6.45, 7) is 13.6. The van der Waals surface area contributed by atoms with Crippen molar-refractivity contribution in [2.45, 2.75) is 52.4 Å². The van der Waals surface area contributed by atoms with Crippen LogP contribution < -0.4 is 0 Å². The number of nitrogens with zero attached hydrogens (tertiary/aromatic N) is 3. The molecule has 0 N–H and O–H groups in total. The first-order valence-electron chi connectivity index (χ1n) is 48.0. The summed E-state index contributed by atoms with van der Waals surface area (Å²) in [5, 5.41) is 31.0. The second-order valence-corrected chi connectivity index (χ2v) is 40.0. The van der Waals surface area contributed by atoms with Gasteiger partial charge in [0.05, 0.1) is 49.7 Å². The van der Waals surface area contributed by atoms with Crippen LogP contribution in [-0.2, 0) is 10.8 Å². The Morgan fingerprint density at radius 3 is 0.474 bits per heavy atom. The van der Waals surface area contributed by atoms with E-state index in [1.807, 2.05) is 0 Å². The van der Waals surface area contributed by atoms with Crippen molar-refractivity contribution in [2.75, 3.05) is 0 Å². The smallest absolute Gasteiger partial charge is 0.0620 e. The molecule has 0 spiro atoms. The molecule has 0 amide bonds. The summed E-state index contributed by atoms with van der Waals surface area (Å²) < 4.78 is 7.53. The fourth-order valence-electron chi connectivity index (χ4n) is 22.5. The largest absolute Gasteiger partial charge is 0.308 e. The second kappa shape index (κ2) is 30.8. The van der Waals surface area contributed by atoms with Gasteiger partial charge in [-0.05, 0) is 285 Å². The summed E-state index contributed by atoms with van der Waals surface area (Å²) in [6, 6.07) is 169. The predicted octanol–water partition coefficient (Wildman–Crippen LogP) is 37.4. The molecule has 23 aromatic carbocycles. The van der Waals surface area contributed by atoms with Gasteiger partial charge in [-0.3, -0.25) is 0 Å². The van der Waals surface area contributed by atoms with Crippen molar-refractivity contribution in [3.8, 4) is 89.0 Å². The summed E-state index contributed by atoms with van der Waals surface area (Å²) in [5.74, 6) is 0. The van der Waals surface area contributed by atoms with Gasteiger partial charge in [-0.15, -0.1) is 0 Å². The van der Waals surface area contributed by atoms with Gasteiger partial charge in [0.25, 0.3) is 0 Å². The van der Waals surface area contributed by atoms with Crippen LogP contribution in [0.15, 0.2) is 455 Å². The SMILES string of the molecule is CC(C)(C)c1ccc(-c2ccc3cc4c5cccc6c7cc8ccc(-c9ccc(C(C)(C)C)cc9)cc8cc7n(c4cc3c2)c56)cc1.c1ccc(-c2ccc(-c3ccc4cc5c6cccc7c8cc9ccc(-c%10ccc(-c%11ccccc%11)cc%10)cc9cc8n(c5cc4c3)c67)cc2)cc1.c1ccc(-c2ccc3cc4c5cccc6c7cc8ccc(-c9ccccc9)cc8cc7n(c4cc3c2)c56)cc1. The monoisotopic (exact) mass is 1740 g/mol. The first-order chi connectivity index (χ1) is 67.1. The Balaban J connectivity index is 0.000000105. The van der Waals surface area contributed by atoms with E-state index in [1.165, 1.54) is 279 Å². The number of rotatable bonds is 8. The molecule has 0 bridgehead atoms. The molecule has 0 saturated heterocycles. The summed E-state index contributed by atoms with van der Waals surface area (Å²) in [4.78, 5) is 0. The number of para-hydroxylation sites is 3. The molecular formula is C134H93N3. The van der Waals surface area contributed by atoms with Crippen LogP contribution in [0.5, 0.6) is 0 Å². The van der Waals surface area contributed by atoms with Gasteiger partial charge in [-0.25, -0.2) is 0 Å². The lowest BCUT2D eigenvalue weighted by Gasteiger charge is -2.19. The third-order valence-electron chi connectivity index (χ3n) is 29.7. The van der Waals surface area contributed by atoms with Gasteiger partial charge in [0.1, 0.15) is 0 Å². The zero-order chi connectivity index (χ0) is 91.2. The fourth-order valence-corrected chi connectivity index (χ4v) is 22.5. The molecule has 0 aliphatic rings. The minimum atomic E-state index is 0.146. The van der Waals surface area contributed by atoms with E-state index in [0.717, 1.165) is 0 Å². The highest BCUT2D eigenvalue weighted by atomic mass is 14.9. The highest BCUT2D eigenvalue weighted by Crippen LogP contribution is 2.49. The molecule has 0 fully saturated rings. The van der Waals surface area contributed by atoms with E-state index < -0.39 is 0 Å². The van der Waals surface area contributed by atoms with Crippen LogP contribution in [0.1, 0.15) is 52.7 Å². The Morgan fingerprint density at radius 2 is 0.285 bits per heavy atom. The van der Waals surface area contributed by atoms with Crippen LogP contribution >= 0.6 is 0 Å². The Bertz CT molecular complexity index is 9350. The van der Waals surface area contributed by atoms with Crippen molar-refractivity contribution in [1.82, 2.24) is 13.2 Å². The van der Waals surface area contributed by atoms with E-state index in [-0.39, 0.29) is 10.8 Å². The minimum Gasteiger partial charge on any atom is -0.308 e. The van der Waals surface area contributed by atoms with E-state index in [9.17, 15) is 0 Å². The second-order valence-electron chi connectivity index (χ2n) is 40.0. The Hall–Kier alpha value is -17.0. The summed E-state index contributed by atoms with van der Waals surface area (Å²) >= 11 is 0. The standard InChI is InChI=1S/C50H31N.C46H39N.C38H23N/c1-3-8-32(9-4-1)34-14-18-36(19-15-34)38-22-24-40-28-46-44-12-7-13-45-47-29-41-25-23-39(37-20-16-35(17-21-37)33-10-5-2-6-11-33)27-43(41)31-49(47)51(50(44)45)48(46)30-42(40)26-38;1-45(2,3)36-18-14-28(15-19-36)30-10-12-32-24-40-38-8-7-9-39-41-25-33-13-11-31(29-16-20-37(21-17-29)46(4,5)6)23-35(33)27-43(41)47(44(38)39)42(40)26-34(32)22-30;1-3-8-24(9-4-1)26-14-16-28-20-34-32-12-7-13-33-35-21-29-17-15-27(25-10-5-2-6-11-25)19-31(29)23-37(35)39(38(32)33)36(34)22-30(28)18-26/h1-31H;7-27H,1-6H3;1-23H. The van der Waals surface area contributed by atoms with E-state index in [2.05, 4.69) is 510 Å². The molecule has 29 aromatic rings. The van der Waals surface area contributed by atoms with Gasteiger partial charge in [-0.2, -0.15) is 0 Å². The molecule has 0 aliphatic heterocycles. The van der Waals surface area contributed by atoms with E-state index in [4.69, 9.17) is 0 Å². The number of aromatic nitrogens is 3. The number of benzene rings is 23. The molecule has 3 heteroatoms. The van der Waals surface area contributed by atoms with Crippen LogP contribution in [0, 0.1) is 0 Å². The highest BCUT2D eigenvalue weighted by molar-refractivity contribution is 6.30. The molecule has 6 heterocycles. The van der Waals surface area contributed by atoms with Crippen molar-refractivity contribution in [3.05, 3.63) is 466 Å². The summed E-state index contributed by atoms with van der Waals surface area (Å²) in [6.07, 6.45) is 0. The lowest BCUT2D eigenvalue weighted by Crippen LogP contribution is -2.10. The van der Waals surface area contributed by atoms with Gasteiger partial charge in [0, 0.05) is 64.6 Å². The topological polar surface area (TPSA) is 13.2 Å². The molecule has 0 saturated carbocycles. The zero-order valence-electron chi connectivity index (χ0n) is 77.1. The molecule has 644 valence electrons. The van der Waals surface area contributed by atoms with E-state index >= 15 is 0 Å². The first-order valence-corrected chi connectivity index (χ1v) is 48.0. The van der Waals surface area contributed by atoms with E-state index in [1.54, 1.807) is 0 Å². The maximum atomic E-state index is 2.52. The zero-order valence-corrected chi connectivity index (χ0v) is 77.1. The van der Waals surface area contributed by atoms with Crippen LogP contribution in [0.2, 0.25) is 0 Å². The molecule has 6 aromatic heterocycles. The van der Waals surface area contributed by atoms with Crippen LogP contribution in [0.4, 0.5) is 0 Å². The quantitative estimate of drug-likeness (QED) is 0.144. The van der Waals surface area contributed by atoms with Crippen molar-refractivity contribution in [2.24, 2.45) is 0 Å². The van der Waals surface area contributed by atoms with Crippen molar-refractivity contribution in [3.63, 3.8) is 0 Å². The molecule has 29 rings (SSSR count). The number of fused-ring (bicyclic) bond motifs is 24. The van der Waals surface area contributed by atoms with E-state index in [0.29, 0.717) is 0 Å². The summed E-state index contributed by atoms with van der Waals surface area (Å²) in [5.41, 5.74) is 34.4. The van der Waals surface area contributed by atoms with Crippen molar-refractivity contribution in [1.29, 1.82) is 0 Å². The van der Waals surface area contributed by atoms with Gasteiger partial charge in [-0.1, -0.05) is 387 Å². The fraction of sp³-hybridized carbons (Fsp3) is 0.0597. The third-order valence-corrected chi connectivity index (χ3v) is 29.7. The average molecular weight is 1750 g/mol. The molecule has 0 unspecified atom stereocenters. The lowest BCUT2D eigenvalue weighted by molar-refractivity contribution is 0.590. The lowest BCUT2D eigenvalue weighted by atomic mass is 9.86. The summed E-state index contributed by atoms with van der Waals surface area (Å²) in [7, 11) is 0. The van der Waals surface area contributed by atoms with Gasteiger partial charge in [0.15, 0.2) is 0 Å². The first kappa shape index (κ1) is 79.7. The molecule has 0 aliphatic carbocycles. The van der Waals surface area contributed by atoms with Crippen molar-refractivity contribution < 1.29 is 0 Å². The Kier molecular flexibility index (Phi) is 17.9. The maximum absolute atomic E-state index is 2.52.